The lowest BCUT2D eigenvalue weighted by molar-refractivity contribution is -0.119. The Balaban J connectivity index is 2.47. The van der Waals surface area contributed by atoms with E-state index in [0.717, 1.165) is 0 Å². The number of carbonyl (C=O) groups excluding carboxylic acids is 1. The summed E-state index contributed by atoms with van der Waals surface area (Å²) in [5.41, 5.74) is 0. The van der Waals surface area contributed by atoms with Crippen LogP contribution in [0.15, 0.2) is 0 Å². The summed E-state index contributed by atoms with van der Waals surface area (Å²) in [6.07, 6.45) is 0.270. The Kier molecular flexibility index (Phi) is 2.39. The SMILES string of the molecule is O=C1CC(CS(=O)(=O)Cl)CN1. The minimum Gasteiger partial charge on any atom is -0.356 e. The summed E-state index contributed by atoms with van der Waals surface area (Å²) in [4.78, 5) is 10.6. The summed E-state index contributed by atoms with van der Waals surface area (Å²) in [6.45, 7) is 0.421. The van der Waals surface area contributed by atoms with Crippen LogP contribution in [0.4, 0.5) is 0 Å². The third-order valence-electron chi connectivity index (χ3n) is 1.50. The number of amides is 1. The molecule has 1 heterocycles. The van der Waals surface area contributed by atoms with Crippen molar-refractivity contribution in [1.29, 1.82) is 0 Å². The summed E-state index contributed by atoms with van der Waals surface area (Å²) < 4.78 is 21.0. The predicted octanol–water partition coefficient (Wildman–Crippen LogP) is -0.309. The molecule has 4 nitrogen and oxygen atoms in total. The van der Waals surface area contributed by atoms with E-state index in [2.05, 4.69) is 5.32 Å². The van der Waals surface area contributed by atoms with Gasteiger partial charge in [-0.1, -0.05) is 0 Å². The predicted molar refractivity (Wildman–Crippen MR) is 40.8 cm³/mol. The molecule has 0 aliphatic carbocycles. The minimum atomic E-state index is -3.45. The first-order chi connectivity index (χ1) is 4.97. The molecular weight excluding hydrogens is 190 g/mol. The van der Waals surface area contributed by atoms with E-state index in [0.29, 0.717) is 6.54 Å². The summed E-state index contributed by atoms with van der Waals surface area (Å²) >= 11 is 0. The van der Waals surface area contributed by atoms with Crippen LogP contribution in [0.5, 0.6) is 0 Å². The summed E-state index contributed by atoms with van der Waals surface area (Å²) in [7, 11) is 1.54. The van der Waals surface area contributed by atoms with Gasteiger partial charge in [-0.15, -0.1) is 0 Å². The first-order valence-electron chi connectivity index (χ1n) is 3.16. The Bertz CT molecular complexity index is 261. The molecule has 1 saturated heterocycles. The van der Waals surface area contributed by atoms with E-state index in [1.807, 2.05) is 0 Å². The zero-order valence-corrected chi connectivity index (χ0v) is 7.28. The van der Waals surface area contributed by atoms with Gasteiger partial charge in [-0.05, 0) is 0 Å². The summed E-state index contributed by atoms with van der Waals surface area (Å²) in [6, 6.07) is 0. The van der Waals surface area contributed by atoms with Gasteiger partial charge in [-0.25, -0.2) is 8.42 Å². The second kappa shape index (κ2) is 2.98. The number of hydrogen-bond acceptors (Lipinski definition) is 3. The zero-order valence-electron chi connectivity index (χ0n) is 5.71. The highest BCUT2D eigenvalue weighted by atomic mass is 35.7. The van der Waals surface area contributed by atoms with Crippen LogP contribution in [-0.2, 0) is 13.8 Å². The van der Waals surface area contributed by atoms with E-state index in [1.54, 1.807) is 0 Å². The van der Waals surface area contributed by atoms with E-state index in [1.165, 1.54) is 0 Å². The van der Waals surface area contributed by atoms with Gasteiger partial charge in [0, 0.05) is 29.6 Å². The first-order valence-corrected chi connectivity index (χ1v) is 5.64. The first kappa shape index (κ1) is 8.80. The smallest absolute Gasteiger partial charge is 0.232 e. The van der Waals surface area contributed by atoms with Crippen LogP contribution in [0.3, 0.4) is 0 Å². The quantitative estimate of drug-likeness (QED) is 0.618. The van der Waals surface area contributed by atoms with Crippen LogP contribution >= 0.6 is 10.7 Å². The molecule has 1 aliphatic heterocycles. The van der Waals surface area contributed by atoms with Gasteiger partial charge in [0.2, 0.25) is 15.0 Å². The Labute approximate surface area is 69.3 Å². The second-order valence-corrected chi connectivity index (χ2v) is 5.40. The van der Waals surface area contributed by atoms with E-state index < -0.39 is 9.05 Å². The lowest BCUT2D eigenvalue weighted by atomic mass is 10.2. The van der Waals surface area contributed by atoms with Crippen LogP contribution in [0.2, 0.25) is 0 Å². The van der Waals surface area contributed by atoms with Crippen LogP contribution in [0.25, 0.3) is 0 Å². The molecule has 0 aromatic rings. The lowest BCUT2D eigenvalue weighted by Gasteiger charge is -2.01. The molecule has 0 saturated carbocycles. The molecule has 1 atom stereocenters. The van der Waals surface area contributed by atoms with Gasteiger partial charge in [0.05, 0.1) is 5.75 Å². The number of nitrogens with one attached hydrogen (secondary N) is 1. The molecule has 1 amide bonds. The van der Waals surface area contributed by atoms with Crippen molar-refractivity contribution in [1.82, 2.24) is 5.32 Å². The van der Waals surface area contributed by atoms with Gasteiger partial charge in [-0.3, -0.25) is 4.79 Å². The number of rotatable bonds is 2. The number of halogens is 1. The molecule has 0 bridgehead atoms. The van der Waals surface area contributed by atoms with Crippen molar-refractivity contribution < 1.29 is 13.2 Å². The Morgan fingerprint density at radius 2 is 2.27 bits per heavy atom. The summed E-state index contributed by atoms with van der Waals surface area (Å²) in [5.74, 6) is -0.367. The molecule has 0 spiro atoms. The lowest BCUT2D eigenvalue weighted by Crippen LogP contribution is -2.16. The largest absolute Gasteiger partial charge is 0.356 e. The van der Waals surface area contributed by atoms with Crippen molar-refractivity contribution >= 4 is 25.6 Å². The highest BCUT2D eigenvalue weighted by Gasteiger charge is 2.25. The van der Waals surface area contributed by atoms with Crippen molar-refractivity contribution in [3.05, 3.63) is 0 Å². The van der Waals surface area contributed by atoms with Crippen molar-refractivity contribution in [2.24, 2.45) is 5.92 Å². The third-order valence-corrected chi connectivity index (χ3v) is 2.74. The van der Waals surface area contributed by atoms with Crippen LogP contribution in [-0.4, -0.2) is 26.6 Å². The molecule has 1 unspecified atom stereocenters. The van der Waals surface area contributed by atoms with Crippen LogP contribution in [0.1, 0.15) is 6.42 Å². The van der Waals surface area contributed by atoms with E-state index in [9.17, 15) is 13.2 Å². The molecule has 0 aromatic heterocycles. The third kappa shape index (κ3) is 3.07. The fourth-order valence-corrected chi connectivity index (χ4v) is 2.40. The van der Waals surface area contributed by atoms with Crippen LogP contribution < -0.4 is 5.32 Å². The van der Waals surface area contributed by atoms with Crippen molar-refractivity contribution in [3.8, 4) is 0 Å². The zero-order chi connectivity index (χ0) is 8.48. The fraction of sp³-hybridized carbons (Fsp3) is 0.800. The molecule has 1 rings (SSSR count). The monoisotopic (exact) mass is 197 g/mol. The molecule has 0 aromatic carbocycles. The van der Waals surface area contributed by atoms with Gasteiger partial charge in [0.25, 0.3) is 0 Å². The minimum absolute atomic E-state index is 0.102. The maximum atomic E-state index is 10.6. The normalized spacial score (nSPS) is 25.2. The molecule has 1 N–H and O–H groups in total. The van der Waals surface area contributed by atoms with Crippen LogP contribution in [0, 0.1) is 5.92 Å². The van der Waals surface area contributed by atoms with E-state index >= 15 is 0 Å². The van der Waals surface area contributed by atoms with E-state index in [4.69, 9.17) is 10.7 Å². The average molecular weight is 198 g/mol. The topological polar surface area (TPSA) is 63.2 Å². The fourth-order valence-electron chi connectivity index (χ4n) is 1.06. The highest BCUT2D eigenvalue weighted by molar-refractivity contribution is 8.13. The standard InChI is InChI=1S/C5H8ClNO3S/c6-11(9,10)3-4-1-5(8)7-2-4/h4H,1-3H2,(H,7,8). The van der Waals surface area contributed by atoms with Gasteiger partial charge >= 0.3 is 0 Å². The van der Waals surface area contributed by atoms with Gasteiger partial charge < -0.3 is 5.32 Å². The molecule has 64 valence electrons. The number of hydrogen-bond donors (Lipinski definition) is 1. The van der Waals surface area contributed by atoms with E-state index in [-0.39, 0.29) is 24.0 Å². The Hall–Kier alpha value is -0.290. The second-order valence-electron chi connectivity index (χ2n) is 2.58. The Morgan fingerprint density at radius 1 is 1.64 bits per heavy atom. The van der Waals surface area contributed by atoms with Crippen molar-refractivity contribution in [3.63, 3.8) is 0 Å². The molecular formula is C5H8ClNO3S. The van der Waals surface area contributed by atoms with Crippen molar-refractivity contribution in [2.45, 2.75) is 6.42 Å². The molecule has 6 heteroatoms. The highest BCUT2D eigenvalue weighted by Crippen LogP contribution is 2.13. The van der Waals surface area contributed by atoms with Gasteiger partial charge in [0.15, 0.2) is 0 Å². The molecule has 0 radical (unpaired) electrons. The molecule has 11 heavy (non-hydrogen) atoms. The molecule has 1 fully saturated rings. The van der Waals surface area contributed by atoms with Gasteiger partial charge in [-0.2, -0.15) is 0 Å². The summed E-state index contributed by atoms with van der Waals surface area (Å²) in [5, 5.41) is 2.53. The Morgan fingerprint density at radius 3 is 2.64 bits per heavy atom. The maximum absolute atomic E-state index is 10.6. The molecule has 1 aliphatic rings. The van der Waals surface area contributed by atoms with Crippen molar-refractivity contribution in [2.75, 3.05) is 12.3 Å². The average Bonchev–Trinajstić information content (AvgIpc) is 2.10. The number of carbonyl (C=O) groups is 1. The maximum Gasteiger partial charge on any atom is 0.232 e. The van der Waals surface area contributed by atoms with Gasteiger partial charge in [0.1, 0.15) is 0 Å².